The predicted octanol–water partition coefficient (Wildman–Crippen LogP) is 4.96. The van der Waals surface area contributed by atoms with Crippen molar-refractivity contribution >= 4 is 24.4 Å². The van der Waals surface area contributed by atoms with Gasteiger partial charge < -0.3 is 10.2 Å². The van der Waals surface area contributed by atoms with Gasteiger partial charge in [0.25, 0.3) is 0 Å². The standard InChI is InChI=1S/C31H36N6O2S/c1-2-3-9-18-37(29(38)20-32-31(39)26(22-40)19-23-10-5-4-6-11-23)21-24-14-16-25(17-15-24)27-12-7-8-13-28(27)30-33-35-36-34-30/h4-8,10-17,26,40H,2-3,9,18-22H2,1H3,(H,32,39)(H,33,34,35,36). The van der Waals surface area contributed by atoms with E-state index in [0.29, 0.717) is 31.1 Å². The molecule has 1 unspecified atom stereocenters. The number of nitrogens with zero attached hydrogens (tertiary/aromatic N) is 4. The Morgan fingerprint density at radius 2 is 1.65 bits per heavy atom. The Morgan fingerprint density at radius 3 is 2.33 bits per heavy atom. The SMILES string of the molecule is CCCCCN(Cc1ccc(-c2ccccc2-c2nn[nH]n2)cc1)C(=O)CNC(=O)C(CS)Cc1ccccc1. The van der Waals surface area contributed by atoms with Crippen LogP contribution in [0.5, 0.6) is 0 Å². The highest BCUT2D eigenvalue weighted by molar-refractivity contribution is 7.80. The molecule has 0 saturated heterocycles. The maximum absolute atomic E-state index is 13.2. The van der Waals surface area contributed by atoms with Crippen molar-refractivity contribution in [2.45, 2.75) is 39.2 Å². The number of hydrogen-bond donors (Lipinski definition) is 3. The summed E-state index contributed by atoms with van der Waals surface area (Å²) in [4.78, 5) is 28.0. The number of hydrogen-bond acceptors (Lipinski definition) is 6. The Hall–Kier alpha value is -3.98. The van der Waals surface area contributed by atoms with Crippen LogP contribution in [0.4, 0.5) is 0 Å². The second-order valence-corrected chi connectivity index (χ2v) is 10.2. The molecule has 4 aromatic rings. The van der Waals surface area contributed by atoms with Crippen LogP contribution in [-0.4, -0.2) is 56.2 Å². The molecule has 1 atom stereocenters. The average Bonchev–Trinajstić information content (AvgIpc) is 3.54. The molecule has 0 fully saturated rings. The number of rotatable bonds is 14. The van der Waals surface area contributed by atoms with Crippen molar-refractivity contribution in [1.82, 2.24) is 30.8 Å². The number of aromatic amines is 1. The number of carbonyl (C=O) groups is 2. The first kappa shape index (κ1) is 29.0. The lowest BCUT2D eigenvalue weighted by Gasteiger charge is -2.24. The van der Waals surface area contributed by atoms with Gasteiger partial charge in [-0.05, 0) is 40.3 Å². The molecule has 3 aromatic carbocycles. The zero-order chi connectivity index (χ0) is 28.2. The van der Waals surface area contributed by atoms with E-state index in [0.717, 1.165) is 47.1 Å². The summed E-state index contributed by atoms with van der Waals surface area (Å²) < 4.78 is 0. The maximum atomic E-state index is 13.2. The normalized spacial score (nSPS) is 11.7. The maximum Gasteiger partial charge on any atom is 0.242 e. The Kier molecular flexibility index (Phi) is 10.9. The van der Waals surface area contributed by atoms with Crippen molar-refractivity contribution in [3.05, 3.63) is 90.0 Å². The fourth-order valence-electron chi connectivity index (χ4n) is 4.62. The van der Waals surface area contributed by atoms with Gasteiger partial charge in [0, 0.05) is 24.4 Å². The van der Waals surface area contributed by atoms with Crippen molar-refractivity contribution in [2.75, 3.05) is 18.8 Å². The Labute approximate surface area is 241 Å². The summed E-state index contributed by atoms with van der Waals surface area (Å²) in [7, 11) is 0. The van der Waals surface area contributed by atoms with E-state index in [-0.39, 0.29) is 24.3 Å². The van der Waals surface area contributed by atoms with Gasteiger partial charge in [0.2, 0.25) is 17.6 Å². The molecule has 0 saturated carbocycles. The van der Waals surface area contributed by atoms with Gasteiger partial charge in [-0.1, -0.05) is 98.6 Å². The molecular formula is C31H36N6O2S. The fraction of sp³-hybridized carbons (Fsp3) is 0.323. The molecule has 40 heavy (non-hydrogen) atoms. The predicted molar refractivity (Wildman–Crippen MR) is 160 cm³/mol. The zero-order valence-corrected chi connectivity index (χ0v) is 23.7. The van der Waals surface area contributed by atoms with E-state index in [1.54, 1.807) is 0 Å². The number of nitrogens with one attached hydrogen (secondary N) is 2. The van der Waals surface area contributed by atoms with Crippen LogP contribution in [0, 0.1) is 5.92 Å². The van der Waals surface area contributed by atoms with Crippen LogP contribution in [0.3, 0.4) is 0 Å². The highest BCUT2D eigenvalue weighted by Crippen LogP contribution is 2.29. The molecule has 0 aliphatic carbocycles. The van der Waals surface area contributed by atoms with Gasteiger partial charge in [0.15, 0.2) is 0 Å². The number of amides is 2. The molecule has 9 heteroatoms. The molecule has 0 radical (unpaired) electrons. The van der Waals surface area contributed by atoms with Crippen LogP contribution in [0.1, 0.15) is 37.3 Å². The summed E-state index contributed by atoms with van der Waals surface area (Å²) in [6.45, 7) is 3.23. The lowest BCUT2D eigenvalue weighted by Crippen LogP contribution is -2.42. The molecule has 0 bridgehead atoms. The summed E-state index contributed by atoms with van der Waals surface area (Å²) in [6.07, 6.45) is 3.61. The highest BCUT2D eigenvalue weighted by Gasteiger charge is 2.20. The first-order valence-corrected chi connectivity index (χ1v) is 14.3. The molecule has 2 N–H and O–H groups in total. The minimum absolute atomic E-state index is 0.0276. The minimum atomic E-state index is -0.296. The molecule has 0 aliphatic heterocycles. The molecule has 0 aliphatic rings. The molecule has 8 nitrogen and oxygen atoms in total. The second-order valence-electron chi connectivity index (χ2n) is 9.79. The van der Waals surface area contributed by atoms with Crippen LogP contribution in [0.2, 0.25) is 0 Å². The summed E-state index contributed by atoms with van der Waals surface area (Å²) >= 11 is 4.38. The summed E-state index contributed by atoms with van der Waals surface area (Å²) in [5.41, 5.74) is 5.02. The van der Waals surface area contributed by atoms with Gasteiger partial charge in [-0.15, -0.1) is 10.2 Å². The van der Waals surface area contributed by atoms with Crippen LogP contribution in [-0.2, 0) is 22.6 Å². The van der Waals surface area contributed by atoms with Crippen molar-refractivity contribution in [3.63, 3.8) is 0 Å². The molecule has 1 aromatic heterocycles. The smallest absolute Gasteiger partial charge is 0.242 e. The van der Waals surface area contributed by atoms with Crippen LogP contribution in [0.15, 0.2) is 78.9 Å². The number of carbonyl (C=O) groups excluding carboxylic acids is 2. The van der Waals surface area contributed by atoms with E-state index in [4.69, 9.17) is 0 Å². The molecule has 1 heterocycles. The van der Waals surface area contributed by atoms with Gasteiger partial charge in [0.1, 0.15) is 0 Å². The van der Waals surface area contributed by atoms with Crippen LogP contribution >= 0.6 is 12.6 Å². The Balaban J connectivity index is 1.40. The largest absolute Gasteiger partial charge is 0.347 e. The van der Waals surface area contributed by atoms with Crippen molar-refractivity contribution in [2.24, 2.45) is 5.92 Å². The topological polar surface area (TPSA) is 104 Å². The molecule has 4 rings (SSSR count). The number of H-pyrrole nitrogens is 1. The van der Waals surface area contributed by atoms with E-state index in [2.05, 4.69) is 45.5 Å². The zero-order valence-electron chi connectivity index (χ0n) is 22.8. The van der Waals surface area contributed by atoms with E-state index < -0.39 is 0 Å². The molecule has 208 valence electrons. The molecule has 0 spiro atoms. The van der Waals surface area contributed by atoms with Gasteiger partial charge in [-0.2, -0.15) is 17.8 Å². The Morgan fingerprint density at radius 1 is 0.925 bits per heavy atom. The Bertz CT molecular complexity index is 1350. The first-order valence-electron chi connectivity index (χ1n) is 13.7. The van der Waals surface area contributed by atoms with Gasteiger partial charge in [0.05, 0.1) is 12.5 Å². The number of unbranched alkanes of at least 4 members (excludes halogenated alkanes) is 2. The number of aromatic nitrogens is 4. The summed E-state index contributed by atoms with van der Waals surface area (Å²) in [5.74, 6) is 0.421. The molecular weight excluding hydrogens is 520 g/mol. The monoisotopic (exact) mass is 556 g/mol. The number of thiol groups is 1. The number of benzene rings is 3. The van der Waals surface area contributed by atoms with Gasteiger partial charge in [-0.25, -0.2) is 0 Å². The average molecular weight is 557 g/mol. The summed E-state index contributed by atoms with van der Waals surface area (Å²) in [5, 5.41) is 17.3. The third kappa shape index (κ3) is 8.02. The summed E-state index contributed by atoms with van der Waals surface area (Å²) in [6, 6.07) is 26.0. The van der Waals surface area contributed by atoms with E-state index in [1.165, 1.54) is 0 Å². The lowest BCUT2D eigenvalue weighted by molar-refractivity contribution is -0.134. The molecule has 2 amide bonds. The van der Waals surface area contributed by atoms with Gasteiger partial charge >= 0.3 is 0 Å². The van der Waals surface area contributed by atoms with Crippen LogP contribution < -0.4 is 5.32 Å². The fourth-order valence-corrected chi connectivity index (χ4v) is 4.91. The quantitative estimate of drug-likeness (QED) is 0.151. The van der Waals surface area contributed by atoms with Crippen LogP contribution in [0.25, 0.3) is 22.5 Å². The van der Waals surface area contributed by atoms with E-state index >= 15 is 0 Å². The lowest BCUT2D eigenvalue weighted by atomic mass is 9.98. The number of tetrazole rings is 1. The van der Waals surface area contributed by atoms with Crippen molar-refractivity contribution in [3.8, 4) is 22.5 Å². The van der Waals surface area contributed by atoms with Gasteiger partial charge in [-0.3, -0.25) is 9.59 Å². The second kappa shape index (κ2) is 15.0. The third-order valence-corrected chi connectivity index (χ3v) is 7.31. The van der Waals surface area contributed by atoms with Crippen molar-refractivity contribution in [1.29, 1.82) is 0 Å². The van der Waals surface area contributed by atoms with Crippen molar-refractivity contribution < 1.29 is 9.59 Å². The third-order valence-electron chi connectivity index (χ3n) is 6.87. The van der Waals surface area contributed by atoms with E-state index in [1.807, 2.05) is 83.8 Å². The minimum Gasteiger partial charge on any atom is -0.347 e. The highest BCUT2D eigenvalue weighted by atomic mass is 32.1. The van der Waals surface area contributed by atoms with E-state index in [9.17, 15) is 9.59 Å². The first-order chi connectivity index (χ1) is 19.6.